The minimum atomic E-state index is -0.666. The zero-order chi connectivity index (χ0) is 25.1. The average molecular weight is 545 g/mol. The quantitative estimate of drug-likeness (QED) is 0.164. The number of aromatic nitrogens is 2. The second-order valence-electron chi connectivity index (χ2n) is 8.08. The van der Waals surface area contributed by atoms with Crippen LogP contribution in [0.5, 0.6) is 0 Å². The van der Waals surface area contributed by atoms with E-state index in [1.165, 1.54) is 48.5 Å². The molecule has 0 aliphatic carbocycles. The molecule has 0 spiro atoms. The number of benzene rings is 4. The second kappa shape index (κ2) is 10.3. The third kappa shape index (κ3) is 5.26. The molecule has 0 atom stereocenters. The van der Waals surface area contributed by atoms with Crippen LogP contribution in [0.15, 0.2) is 102 Å². The summed E-state index contributed by atoms with van der Waals surface area (Å²) in [6.45, 7) is 0.530. The third-order valence-corrected chi connectivity index (χ3v) is 6.14. The number of rotatable bonds is 6. The molecular weight excluding hydrogens is 526 g/mol. The number of imidazole rings is 1. The molecular formula is C29H19BrF2N2O2. The lowest BCUT2D eigenvalue weighted by Gasteiger charge is -2.12. The van der Waals surface area contributed by atoms with E-state index in [9.17, 15) is 13.6 Å². The molecule has 1 aromatic heterocycles. The largest absolute Gasteiger partial charge is 0.422 e. The SMILES string of the molecule is O=C(O/C(=C\c1nc2ccccc2n1Cc1ccc(Br)cc1)c1ccc(F)cc1)c1ccc(F)cc1. The molecule has 5 aromatic rings. The number of esters is 1. The molecule has 5 rings (SSSR count). The smallest absolute Gasteiger partial charge is 0.343 e. The predicted octanol–water partition coefficient (Wildman–Crippen LogP) is 7.48. The molecule has 0 radical (unpaired) electrons. The van der Waals surface area contributed by atoms with E-state index in [1.807, 2.05) is 53.1 Å². The lowest BCUT2D eigenvalue weighted by molar-refractivity contribution is 0.0693. The first kappa shape index (κ1) is 23.6. The van der Waals surface area contributed by atoms with Gasteiger partial charge in [0.15, 0.2) is 0 Å². The van der Waals surface area contributed by atoms with E-state index in [0.29, 0.717) is 17.9 Å². The molecule has 7 heteroatoms. The maximum absolute atomic E-state index is 13.6. The molecule has 0 saturated heterocycles. The van der Waals surface area contributed by atoms with Crippen molar-refractivity contribution in [1.29, 1.82) is 0 Å². The minimum Gasteiger partial charge on any atom is -0.422 e. The van der Waals surface area contributed by atoms with E-state index in [1.54, 1.807) is 6.08 Å². The van der Waals surface area contributed by atoms with E-state index in [0.717, 1.165) is 21.1 Å². The van der Waals surface area contributed by atoms with Crippen LogP contribution < -0.4 is 0 Å². The lowest BCUT2D eigenvalue weighted by atomic mass is 10.1. The summed E-state index contributed by atoms with van der Waals surface area (Å²) in [5.41, 5.74) is 3.43. The average Bonchev–Trinajstić information content (AvgIpc) is 3.22. The summed E-state index contributed by atoms with van der Waals surface area (Å²) in [4.78, 5) is 17.6. The number of para-hydroxylation sites is 2. The van der Waals surface area contributed by atoms with E-state index in [2.05, 4.69) is 15.9 Å². The van der Waals surface area contributed by atoms with Crippen molar-refractivity contribution in [3.05, 3.63) is 136 Å². The highest BCUT2D eigenvalue weighted by atomic mass is 79.9. The van der Waals surface area contributed by atoms with Crippen molar-refractivity contribution in [1.82, 2.24) is 9.55 Å². The third-order valence-electron chi connectivity index (χ3n) is 5.61. The summed E-state index contributed by atoms with van der Waals surface area (Å²) in [6.07, 6.45) is 1.66. The van der Waals surface area contributed by atoms with Gasteiger partial charge in [-0.25, -0.2) is 18.6 Å². The highest BCUT2D eigenvalue weighted by molar-refractivity contribution is 9.10. The van der Waals surface area contributed by atoms with Crippen molar-refractivity contribution in [2.45, 2.75) is 6.54 Å². The van der Waals surface area contributed by atoms with E-state index >= 15 is 0 Å². The Morgan fingerprint density at radius 3 is 2.11 bits per heavy atom. The van der Waals surface area contributed by atoms with Gasteiger partial charge in [-0.3, -0.25) is 0 Å². The van der Waals surface area contributed by atoms with Crippen LogP contribution in [-0.4, -0.2) is 15.5 Å². The van der Waals surface area contributed by atoms with Crippen molar-refractivity contribution in [2.24, 2.45) is 0 Å². The van der Waals surface area contributed by atoms with Gasteiger partial charge in [0.05, 0.1) is 16.6 Å². The molecule has 0 amide bonds. The summed E-state index contributed by atoms with van der Waals surface area (Å²) in [5, 5.41) is 0. The van der Waals surface area contributed by atoms with Crippen LogP contribution in [-0.2, 0) is 11.3 Å². The number of hydrogen-bond donors (Lipinski definition) is 0. The summed E-state index contributed by atoms with van der Waals surface area (Å²) in [7, 11) is 0. The van der Waals surface area contributed by atoms with Gasteiger partial charge in [0.1, 0.15) is 23.2 Å². The summed E-state index contributed by atoms with van der Waals surface area (Å²) < 4.78 is 35.7. The molecule has 0 aliphatic rings. The molecule has 0 fully saturated rings. The summed E-state index contributed by atoms with van der Waals surface area (Å²) in [6, 6.07) is 26.4. The molecule has 1 heterocycles. The fourth-order valence-corrected chi connectivity index (χ4v) is 4.06. The number of fused-ring (bicyclic) bond motifs is 1. The summed E-state index contributed by atoms with van der Waals surface area (Å²) in [5.74, 6) is -0.781. The van der Waals surface area contributed by atoms with Crippen molar-refractivity contribution in [2.75, 3.05) is 0 Å². The molecule has 0 bridgehead atoms. The Morgan fingerprint density at radius 1 is 0.833 bits per heavy atom. The van der Waals surface area contributed by atoms with Gasteiger partial charge in [0.25, 0.3) is 0 Å². The van der Waals surface area contributed by atoms with Crippen LogP contribution in [0.1, 0.15) is 27.3 Å². The fourth-order valence-electron chi connectivity index (χ4n) is 3.79. The Hall–Kier alpha value is -4.10. The fraction of sp³-hybridized carbons (Fsp3) is 0.0345. The van der Waals surface area contributed by atoms with Gasteiger partial charge in [-0.05, 0) is 78.4 Å². The minimum absolute atomic E-state index is 0.188. The van der Waals surface area contributed by atoms with Crippen molar-refractivity contribution >= 4 is 44.8 Å². The standard InChI is InChI=1S/C29H19BrF2N2O2/c30-22-11-5-19(6-12-22)18-34-26-4-2-1-3-25(26)33-28(34)17-27(20-7-13-23(31)14-8-20)36-29(35)21-9-15-24(32)16-10-21/h1-17H,18H2/b27-17-. The molecule has 36 heavy (non-hydrogen) atoms. The van der Waals surface area contributed by atoms with Gasteiger partial charge >= 0.3 is 5.97 Å². The number of hydrogen-bond acceptors (Lipinski definition) is 3. The van der Waals surface area contributed by atoms with Crippen LogP contribution >= 0.6 is 15.9 Å². The number of carbonyl (C=O) groups excluding carboxylic acids is 1. The van der Waals surface area contributed by atoms with Gasteiger partial charge in [-0.2, -0.15) is 0 Å². The van der Waals surface area contributed by atoms with Crippen LogP contribution in [0.3, 0.4) is 0 Å². The first-order valence-electron chi connectivity index (χ1n) is 11.1. The highest BCUT2D eigenvalue weighted by Crippen LogP contribution is 2.25. The maximum atomic E-state index is 13.6. The van der Waals surface area contributed by atoms with Crippen molar-refractivity contribution in [3.63, 3.8) is 0 Å². The molecule has 0 aliphatic heterocycles. The second-order valence-corrected chi connectivity index (χ2v) is 9.00. The molecule has 0 unspecified atom stereocenters. The molecule has 4 nitrogen and oxygen atoms in total. The molecule has 0 N–H and O–H groups in total. The number of carbonyl (C=O) groups is 1. The van der Waals surface area contributed by atoms with E-state index in [-0.39, 0.29) is 11.3 Å². The predicted molar refractivity (Wildman–Crippen MR) is 139 cm³/mol. The zero-order valence-electron chi connectivity index (χ0n) is 18.9. The van der Waals surface area contributed by atoms with Crippen LogP contribution in [0.4, 0.5) is 8.78 Å². The van der Waals surface area contributed by atoms with Crippen LogP contribution in [0, 0.1) is 11.6 Å². The Morgan fingerprint density at radius 2 is 1.44 bits per heavy atom. The molecule has 178 valence electrons. The van der Waals surface area contributed by atoms with Gasteiger partial charge in [-0.15, -0.1) is 0 Å². The topological polar surface area (TPSA) is 44.1 Å². The van der Waals surface area contributed by atoms with Crippen LogP contribution in [0.2, 0.25) is 0 Å². The monoisotopic (exact) mass is 544 g/mol. The van der Waals surface area contributed by atoms with Crippen molar-refractivity contribution < 1.29 is 18.3 Å². The lowest BCUT2D eigenvalue weighted by Crippen LogP contribution is -2.07. The maximum Gasteiger partial charge on any atom is 0.343 e. The van der Waals surface area contributed by atoms with E-state index < -0.39 is 17.6 Å². The zero-order valence-corrected chi connectivity index (χ0v) is 20.5. The van der Waals surface area contributed by atoms with Crippen LogP contribution in [0.25, 0.3) is 22.9 Å². The van der Waals surface area contributed by atoms with Gasteiger partial charge in [0.2, 0.25) is 0 Å². The molecule has 0 saturated carbocycles. The Bertz CT molecular complexity index is 1560. The first-order valence-corrected chi connectivity index (χ1v) is 11.9. The number of halogens is 3. The van der Waals surface area contributed by atoms with Crippen molar-refractivity contribution in [3.8, 4) is 0 Å². The highest BCUT2D eigenvalue weighted by Gasteiger charge is 2.16. The number of nitrogens with zero attached hydrogens (tertiary/aromatic N) is 2. The Kier molecular flexibility index (Phi) is 6.73. The van der Waals surface area contributed by atoms with Gasteiger partial charge < -0.3 is 9.30 Å². The Labute approximate surface area is 214 Å². The first-order chi connectivity index (χ1) is 17.5. The van der Waals surface area contributed by atoms with Gasteiger partial charge in [-0.1, -0.05) is 40.2 Å². The van der Waals surface area contributed by atoms with E-state index in [4.69, 9.17) is 9.72 Å². The normalized spacial score (nSPS) is 11.6. The summed E-state index contributed by atoms with van der Waals surface area (Å²) >= 11 is 3.46. The van der Waals surface area contributed by atoms with Gasteiger partial charge in [0, 0.05) is 22.7 Å². The molecule has 4 aromatic carbocycles. The Balaban J connectivity index is 1.60. The number of ether oxygens (including phenoxy) is 1.